The molecule has 0 N–H and O–H groups in total. The van der Waals surface area contributed by atoms with Gasteiger partial charge in [-0.1, -0.05) is 18.2 Å². The Morgan fingerprint density at radius 3 is 2.46 bits per heavy atom. The molecule has 1 rings (SSSR count). The van der Waals surface area contributed by atoms with Crippen molar-refractivity contribution in [3.8, 4) is 11.5 Å². The smallest absolute Gasteiger partial charge is 0.311 e. The van der Waals surface area contributed by atoms with Gasteiger partial charge >= 0.3 is 5.97 Å². The van der Waals surface area contributed by atoms with Crippen LogP contribution in [0.25, 0.3) is 6.08 Å². The molecule has 0 unspecified atom stereocenters. The SMILES string of the molecule is C=CC[Si](C)(C)Oc1c(/C=C/C)cc(CCCOC(=O)C(C)(C)C)cc1OC. The van der Waals surface area contributed by atoms with Crippen LogP contribution in [-0.2, 0) is 16.0 Å². The lowest BCUT2D eigenvalue weighted by Gasteiger charge is -2.26. The number of esters is 1. The second-order valence-corrected chi connectivity index (χ2v) is 12.7. The number of carbonyl (C=O) groups excluding carboxylic acids is 1. The predicted octanol–water partition coefficient (Wildman–Crippen LogP) is 6.02. The zero-order chi connectivity index (χ0) is 21.4. The molecule has 156 valence electrons. The van der Waals surface area contributed by atoms with Crippen LogP contribution >= 0.6 is 0 Å². The Kier molecular flexibility index (Phi) is 9.02. The number of ether oxygens (including phenoxy) is 2. The summed E-state index contributed by atoms with van der Waals surface area (Å²) in [5.74, 6) is 1.36. The highest BCUT2D eigenvalue weighted by Crippen LogP contribution is 2.36. The fraction of sp³-hybridized carbons (Fsp3) is 0.522. The Labute approximate surface area is 171 Å². The summed E-state index contributed by atoms with van der Waals surface area (Å²) in [6.07, 6.45) is 7.52. The van der Waals surface area contributed by atoms with Crippen LogP contribution in [0.4, 0.5) is 0 Å². The maximum absolute atomic E-state index is 11.9. The summed E-state index contributed by atoms with van der Waals surface area (Å²) in [7, 11) is -0.256. The number of methoxy groups -OCH3 is 1. The molecule has 0 fully saturated rings. The van der Waals surface area contributed by atoms with E-state index >= 15 is 0 Å². The molecule has 0 amide bonds. The van der Waals surface area contributed by atoms with Crippen LogP contribution in [0, 0.1) is 5.41 Å². The van der Waals surface area contributed by atoms with Gasteiger partial charge in [-0.3, -0.25) is 4.79 Å². The third kappa shape index (κ3) is 7.54. The Hall–Kier alpha value is -2.01. The van der Waals surface area contributed by atoms with Crippen LogP contribution in [0.1, 0.15) is 45.2 Å². The van der Waals surface area contributed by atoms with E-state index in [1.807, 2.05) is 52.0 Å². The fourth-order valence-electron chi connectivity index (χ4n) is 2.71. The van der Waals surface area contributed by atoms with Crippen LogP contribution in [0.5, 0.6) is 11.5 Å². The minimum absolute atomic E-state index is 0.169. The summed E-state index contributed by atoms with van der Waals surface area (Å²) in [6.45, 7) is 16.2. The van der Waals surface area contributed by atoms with Crippen LogP contribution < -0.4 is 9.16 Å². The summed E-state index contributed by atoms with van der Waals surface area (Å²) in [5.41, 5.74) is 1.67. The Morgan fingerprint density at radius 2 is 1.93 bits per heavy atom. The Bertz CT molecular complexity index is 699. The van der Waals surface area contributed by atoms with Crippen LogP contribution in [0.15, 0.2) is 30.9 Å². The van der Waals surface area contributed by atoms with Crippen LogP contribution in [-0.4, -0.2) is 28.0 Å². The molecule has 0 atom stereocenters. The fourth-order valence-corrected chi connectivity index (χ4v) is 4.26. The topological polar surface area (TPSA) is 44.8 Å². The molecule has 0 heterocycles. The predicted molar refractivity (Wildman–Crippen MR) is 120 cm³/mol. The molecule has 0 radical (unpaired) electrons. The van der Waals surface area contributed by atoms with Crippen molar-refractivity contribution in [3.63, 3.8) is 0 Å². The lowest BCUT2D eigenvalue weighted by Crippen LogP contribution is -2.33. The van der Waals surface area contributed by atoms with Crippen LogP contribution in [0.2, 0.25) is 19.1 Å². The van der Waals surface area contributed by atoms with Gasteiger partial charge in [0.1, 0.15) is 0 Å². The highest BCUT2D eigenvalue weighted by atomic mass is 28.4. The number of benzene rings is 1. The summed E-state index contributed by atoms with van der Waals surface area (Å²) < 4.78 is 17.4. The molecule has 28 heavy (non-hydrogen) atoms. The van der Waals surface area contributed by atoms with E-state index in [9.17, 15) is 4.79 Å². The van der Waals surface area contributed by atoms with E-state index in [-0.39, 0.29) is 5.97 Å². The van der Waals surface area contributed by atoms with E-state index in [1.54, 1.807) is 7.11 Å². The minimum Gasteiger partial charge on any atom is -0.541 e. The van der Waals surface area contributed by atoms with E-state index in [4.69, 9.17) is 13.9 Å². The van der Waals surface area contributed by atoms with Crippen molar-refractivity contribution < 1.29 is 18.7 Å². The van der Waals surface area contributed by atoms with E-state index in [0.717, 1.165) is 41.5 Å². The number of hydrogen-bond donors (Lipinski definition) is 0. The molecule has 5 heteroatoms. The first-order chi connectivity index (χ1) is 13.0. The monoisotopic (exact) mass is 404 g/mol. The molecular weight excluding hydrogens is 368 g/mol. The largest absolute Gasteiger partial charge is 0.541 e. The van der Waals surface area contributed by atoms with Gasteiger partial charge in [-0.2, -0.15) is 0 Å². The molecular formula is C23H36O4Si. The lowest BCUT2D eigenvalue weighted by atomic mass is 9.97. The third-order valence-electron chi connectivity index (χ3n) is 4.18. The number of carbonyl (C=O) groups is 1. The summed E-state index contributed by atoms with van der Waals surface area (Å²) in [6, 6.07) is 5.01. The maximum Gasteiger partial charge on any atom is 0.311 e. The first kappa shape index (κ1) is 24.0. The van der Waals surface area contributed by atoms with Crippen molar-refractivity contribution in [1.82, 2.24) is 0 Å². The number of rotatable bonds is 10. The van der Waals surface area contributed by atoms with Crippen molar-refractivity contribution in [2.45, 2.75) is 59.7 Å². The summed E-state index contributed by atoms with van der Waals surface area (Å²) in [4.78, 5) is 11.9. The van der Waals surface area contributed by atoms with Gasteiger partial charge in [-0.05, 0) is 77.4 Å². The highest BCUT2D eigenvalue weighted by molar-refractivity contribution is 6.72. The van der Waals surface area contributed by atoms with E-state index < -0.39 is 13.7 Å². The molecule has 4 nitrogen and oxygen atoms in total. The second-order valence-electron chi connectivity index (χ2n) is 8.56. The molecule has 0 saturated carbocycles. The first-order valence-electron chi connectivity index (χ1n) is 9.85. The quantitative estimate of drug-likeness (QED) is 0.207. The van der Waals surface area contributed by atoms with Gasteiger partial charge in [0, 0.05) is 5.56 Å². The number of aryl methyl sites for hydroxylation is 1. The molecule has 0 aliphatic heterocycles. The number of hydrogen-bond acceptors (Lipinski definition) is 4. The first-order valence-corrected chi connectivity index (χ1v) is 13.0. The van der Waals surface area contributed by atoms with Crippen molar-refractivity contribution in [3.05, 3.63) is 42.0 Å². The minimum atomic E-state index is -1.92. The third-order valence-corrected chi connectivity index (χ3v) is 6.21. The average Bonchev–Trinajstić information content (AvgIpc) is 2.59. The highest BCUT2D eigenvalue weighted by Gasteiger charge is 2.26. The van der Waals surface area contributed by atoms with Gasteiger partial charge < -0.3 is 13.9 Å². The molecule has 0 bridgehead atoms. The standard InChI is InChI=1S/C23H36O4Si/c1-9-12-19-16-18(13-11-14-26-22(24)23(3,4)5)17-20(25-6)21(19)27-28(7,8)15-10-2/h9-10,12,16-17H,2,11,13-15H2,1,3-8H3/b12-9+. The molecule has 0 aliphatic carbocycles. The normalized spacial score (nSPS) is 12.1. The van der Waals surface area contributed by atoms with Gasteiger partial charge in [-0.15, -0.1) is 6.58 Å². The van der Waals surface area contributed by atoms with E-state index in [1.165, 1.54) is 0 Å². The van der Waals surface area contributed by atoms with Gasteiger partial charge in [0.15, 0.2) is 11.5 Å². The molecule has 0 saturated heterocycles. The average molecular weight is 405 g/mol. The van der Waals surface area contributed by atoms with Gasteiger partial charge in [0.2, 0.25) is 8.32 Å². The lowest BCUT2D eigenvalue weighted by molar-refractivity contribution is -0.153. The Balaban J connectivity index is 2.96. The molecule has 0 spiro atoms. The van der Waals surface area contributed by atoms with Crippen molar-refractivity contribution >= 4 is 20.4 Å². The summed E-state index contributed by atoms with van der Waals surface area (Å²) >= 11 is 0. The van der Waals surface area contributed by atoms with E-state index in [0.29, 0.717) is 6.61 Å². The van der Waals surface area contributed by atoms with Crippen molar-refractivity contribution in [2.24, 2.45) is 5.41 Å². The van der Waals surface area contributed by atoms with Gasteiger partial charge in [-0.25, -0.2) is 0 Å². The Morgan fingerprint density at radius 1 is 1.25 bits per heavy atom. The van der Waals surface area contributed by atoms with E-state index in [2.05, 4.69) is 25.7 Å². The zero-order valence-corrected chi connectivity index (χ0v) is 19.6. The summed E-state index contributed by atoms with van der Waals surface area (Å²) in [5, 5.41) is 0. The van der Waals surface area contributed by atoms with Crippen molar-refractivity contribution in [1.29, 1.82) is 0 Å². The number of allylic oxidation sites excluding steroid dienone is 2. The van der Waals surface area contributed by atoms with Crippen LogP contribution in [0.3, 0.4) is 0 Å². The van der Waals surface area contributed by atoms with Gasteiger partial charge in [0.25, 0.3) is 0 Å². The molecule has 0 aromatic heterocycles. The molecule has 1 aromatic rings. The van der Waals surface area contributed by atoms with Gasteiger partial charge in [0.05, 0.1) is 19.1 Å². The maximum atomic E-state index is 11.9. The zero-order valence-electron chi connectivity index (χ0n) is 18.6. The van der Waals surface area contributed by atoms with Crippen molar-refractivity contribution in [2.75, 3.05) is 13.7 Å². The molecule has 0 aliphatic rings. The molecule has 1 aromatic carbocycles. The second kappa shape index (κ2) is 10.5.